The van der Waals surface area contributed by atoms with Crippen LogP contribution in [0.15, 0.2) is 28.8 Å². The molecule has 5 nitrogen and oxygen atoms in total. The number of piperidine rings is 1. The van der Waals surface area contributed by atoms with Crippen LogP contribution in [0.5, 0.6) is 0 Å². The number of likely N-dealkylation sites (tertiary alicyclic amines) is 1. The average molecular weight is 332 g/mol. The van der Waals surface area contributed by atoms with Gasteiger partial charge in [-0.05, 0) is 37.8 Å². The normalized spacial score (nSPS) is 21.4. The van der Waals surface area contributed by atoms with Crippen LogP contribution in [0, 0.1) is 5.92 Å². The number of amides is 1. The van der Waals surface area contributed by atoms with E-state index >= 15 is 0 Å². The SMILES string of the molecule is O=C(C1CC1)N1CCC[C@H](c2nc(-c3cccc(Cl)c3)no2)C1. The lowest BCUT2D eigenvalue weighted by atomic mass is 9.97. The molecule has 120 valence electrons. The standard InChI is InChI=1S/C17H18ClN3O2/c18-14-5-1-3-12(9-14)15-19-16(23-20-15)13-4-2-8-21(10-13)17(22)11-6-7-11/h1,3,5,9,11,13H,2,4,6-8,10H2/t13-/m0/s1. The van der Waals surface area contributed by atoms with E-state index in [1.165, 1.54) is 0 Å². The maximum Gasteiger partial charge on any atom is 0.231 e. The summed E-state index contributed by atoms with van der Waals surface area (Å²) in [6, 6.07) is 7.41. The fourth-order valence-corrected chi connectivity index (χ4v) is 3.30. The van der Waals surface area contributed by atoms with Gasteiger partial charge in [0.05, 0.1) is 5.92 Å². The number of hydrogen-bond acceptors (Lipinski definition) is 4. The first-order chi connectivity index (χ1) is 11.2. The van der Waals surface area contributed by atoms with Gasteiger partial charge in [-0.15, -0.1) is 0 Å². The summed E-state index contributed by atoms with van der Waals surface area (Å²) in [5, 5.41) is 4.72. The molecule has 0 spiro atoms. The van der Waals surface area contributed by atoms with E-state index in [4.69, 9.17) is 16.1 Å². The van der Waals surface area contributed by atoms with Crippen molar-refractivity contribution < 1.29 is 9.32 Å². The van der Waals surface area contributed by atoms with Crippen molar-refractivity contribution in [1.82, 2.24) is 15.0 Å². The van der Waals surface area contributed by atoms with E-state index in [-0.39, 0.29) is 11.8 Å². The Morgan fingerprint density at radius 2 is 2.17 bits per heavy atom. The fourth-order valence-electron chi connectivity index (χ4n) is 3.11. The molecule has 0 unspecified atom stereocenters. The number of carbonyl (C=O) groups excluding carboxylic acids is 1. The first-order valence-electron chi connectivity index (χ1n) is 8.09. The monoisotopic (exact) mass is 331 g/mol. The summed E-state index contributed by atoms with van der Waals surface area (Å²) in [5.74, 6) is 1.86. The molecule has 1 aromatic heterocycles. The zero-order chi connectivity index (χ0) is 15.8. The quantitative estimate of drug-likeness (QED) is 0.863. The molecule has 1 saturated carbocycles. The molecule has 2 aromatic rings. The summed E-state index contributed by atoms with van der Waals surface area (Å²) >= 11 is 6.01. The van der Waals surface area contributed by atoms with E-state index in [0.717, 1.165) is 37.8 Å². The number of aromatic nitrogens is 2. The van der Waals surface area contributed by atoms with Gasteiger partial charge in [0.1, 0.15) is 0 Å². The number of benzene rings is 1. The fraction of sp³-hybridized carbons (Fsp3) is 0.471. The molecule has 1 aromatic carbocycles. The second-order valence-electron chi connectivity index (χ2n) is 6.36. The van der Waals surface area contributed by atoms with E-state index in [2.05, 4.69) is 10.1 Å². The molecule has 1 atom stereocenters. The van der Waals surface area contributed by atoms with E-state index in [1.807, 2.05) is 29.2 Å². The van der Waals surface area contributed by atoms with Crippen molar-refractivity contribution in [1.29, 1.82) is 0 Å². The van der Waals surface area contributed by atoms with Crippen LogP contribution >= 0.6 is 11.6 Å². The molecule has 4 rings (SSSR count). The van der Waals surface area contributed by atoms with Gasteiger partial charge in [0.15, 0.2) is 0 Å². The molecule has 23 heavy (non-hydrogen) atoms. The van der Waals surface area contributed by atoms with Gasteiger partial charge in [-0.25, -0.2) is 0 Å². The van der Waals surface area contributed by atoms with Crippen molar-refractivity contribution in [2.75, 3.05) is 13.1 Å². The molecule has 2 aliphatic rings. The van der Waals surface area contributed by atoms with Crippen LogP contribution in [0.25, 0.3) is 11.4 Å². The molecule has 0 N–H and O–H groups in total. The maximum absolute atomic E-state index is 12.2. The smallest absolute Gasteiger partial charge is 0.231 e. The summed E-state index contributed by atoms with van der Waals surface area (Å²) in [4.78, 5) is 18.7. The minimum Gasteiger partial charge on any atom is -0.342 e. The van der Waals surface area contributed by atoms with Gasteiger partial charge < -0.3 is 9.42 Å². The van der Waals surface area contributed by atoms with Crippen molar-refractivity contribution in [3.05, 3.63) is 35.2 Å². The number of halogens is 1. The molecule has 2 fully saturated rings. The second kappa shape index (κ2) is 5.96. The van der Waals surface area contributed by atoms with Gasteiger partial charge in [0.2, 0.25) is 17.6 Å². The predicted octanol–water partition coefficient (Wildman–Crippen LogP) is 3.51. The summed E-state index contributed by atoms with van der Waals surface area (Å²) in [6.45, 7) is 1.54. The Labute approximate surface area is 139 Å². The van der Waals surface area contributed by atoms with Crippen LogP contribution in [-0.4, -0.2) is 34.0 Å². The number of nitrogens with zero attached hydrogens (tertiary/aromatic N) is 3. The first kappa shape index (κ1) is 14.7. The Kier molecular flexibility index (Phi) is 3.81. The minimum absolute atomic E-state index is 0.131. The highest BCUT2D eigenvalue weighted by Crippen LogP contribution is 2.34. The minimum atomic E-state index is 0.131. The van der Waals surface area contributed by atoms with Crippen LogP contribution in [0.4, 0.5) is 0 Å². The summed E-state index contributed by atoms with van der Waals surface area (Å²) in [6.07, 6.45) is 4.04. The van der Waals surface area contributed by atoms with Crippen molar-refractivity contribution in [2.45, 2.75) is 31.6 Å². The van der Waals surface area contributed by atoms with Crippen molar-refractivity contribution in [2.24, 2.45) is 5.92 Å². The lowest BCUT2D eigenvalue weighted by Gasteiger charge is -2.31. The lowest BCUT2D eigenvalue weighted by molar-refractivity contribution is -0.133. The molecule has 0 radical (unpaired) electrons. The Bertz CT molecular complexity index is 726. The van der Waals surface area contributed by atoms with Gasteiger partial charge >= 0.3 is 0 Å². The predicted molar refractivity (Wildman–Crippen MR) is 86.0 cm³/mol. The molecular weight excluding hydrogens is 314 g/mol. The molecular formula is C17H18ClN3O2. The zero-order valence-corrected chi connectivity index (χ0v) is 13.5. The number of rotatable bonds is 3. The van der Waals surface area contributed by atoms with Crippen LogP contribution in [0.1, 0.15) is 37.5 Å². The van der Waals surface area contributed by atoms with Gasteiger partial charge in [-0.1, -0.05) is 28.9 Å². The van der Waals surface area contributed by atoms with Gasteiger partial charge in [0, 0.05) is 29.6 Å². The van der Waals surface area contributed by atoms with Gasteiger partial charge in [-0.3, -0.25) is 4.79 Å². The summed E-state index contributed by atoms with van der Waals surface area (Å²) in [7, 11) is 0. The number of carbonyl (C=O) groups is 1. The van der Waals surface area contributed by atoms with E-state index < -0.39 is 0 Å². The van der Waals surface area contributed by atoms with E-state index in [1.54, 1.807) is 0 Å². The van der Waals surface area contributed by atoms with Gasteiger partial charge in [-0.2, -0.15) is 4.98 Å². The molecule has 1 saturated heterocycles. The van der Waals surface area contributed by atoms with Gasteiger partial charge in [0.25, 0.3) is 0 Å². The molecule has 0 bridgehead atoms. The Balaban J connectivity index is 1.50. The maximum atomic E-state index is 12.2. The first-order valence-corrected chi connectivity index (χ1v) is 8.47. The highest BCUT2D eigenvalue weighted by atomic mass is 35.5. The molecule has 1 aliphatic carbocycles. The summed E-state index contributed by atoms with van der Waals surface area (Å²) < 4.78 is 5.46. The zero-order valence-electron chi connectivity index (χ0n) is 12.7. The Morgan fingerprint density at radius 1 is 1.30 bits per heavy atom. The topological polar surface area (TPSA) is 59.2 Å². The van der Waals surface area contributed by atoms with Crippen LogP contribution < -0.4 is 0 Å². The van der Waals surface area contributed by atoms with Crippen molar-refractivity contribution in [3.8, 4) is 11.4 Å². The second-order valence-corrected chi connectivity index (χ2v) is 6.80. The van der Waals surface area contributed by atoms with Crippen LogP contribution in [0.2, 0.25) is 5.02 Å². The Hall–Kier alpha value is -1.88. The van der Waals surface area contributed by atoms with Crippen LogP contribution in [-0.2, 0) is 4.79 Å². The average Bonchev–Trinajstić information content (AvgIpc) is 3.31. The van der Waals surface area contributed by atoms with Crippen molar-refractivity contribution >= 4 is 17.5 Å². The third-order valence-electron chi connectivity index (χ3n) is 4.53. The lowest BCUT2D eigenvalue weighted by Crippen LogP contribution is -2.40. The molecule has 6 heteroatoms. The third-order valence-corrected chi connectivity index (χ3v) is 4.77. The summed E-state index contributed by atoms with van der Waals surface area (Å²) in [5.41, 5.74) is 0.842. The molecule has 2 heterocycles. The van der Waals surface area contributed by atoms with Crippen molar-refractivity contribution in [3.63, 3.8) is 0 Å². The highest BCUT2D eigenvalue weighted by molar-refractivity contribution is 6.30. The Morgan fingerprint density at radius 3 is 2.96 bits per heavy atom. The third kappa shape index (κ3) is 3.11. The van der Waals surface area contributed by atoms with E-state index in [0.29, 0.717) is 29.2 Å². The van der Waals surface area contributed by atoms with Crippen LogP contribution in [0.3, 0.4) is 0 Å². The largest absolute Gasteiger partial charge is 0.342 e. The number of hydrogen-bond donors (Lipinski definition) is 0. The van der Waals surface area contributed by atoms with E-state index in [9.17, 15) is 4.79 Å². The molecule has 1 aliphatic heterocycles. The highest BCUT2D eigenvalue weighted by Gasteiger charge is 2.36. The molecule has 1 amide bonds.